The van der Waals surface area contributed by atoms with Gasteiger partial charge in [-0.25, -0.2) is 10.4 Å². The highest BCUT2D eigenvalue weighted by molar-refractivity contribution is 6.07. The van der Waals surface area contributed by atoms with Crippen LogP contribution in [0.2, 0.25) is 0 Å². The van der Waals surface area contributed by atoms with Gasteiger partial charge < -0.3 is 4.74 Å². The number of nitrogens with zero attached hydrogens (tertiary/aromatic N) is 2. The molecular weight excluding hydrogens is 386 g/mol. The Hall–Kier alpha value is -4.43. The zero-order chi connectivity index (χ0) is 21.5. The summed E-state index contributed by atoms with van der Waals surface area (Å²) in [5.74, 6) is 2.70. The first-order valence-corrected chi connectivity index (χ1v) is 9.70. The average Bonchev–Trinajstić information content (AvgIpc) is 2.83. The molecular formula is C26H19N3O2. The lowest BCUT2D eigenvalue weighted by Gasteiger charge is -2.09. The second-order valence-corrected chi connectivity index (χ2v) is 6.67. The molecule has 0 unspecified atom stereocenters. The maximum atomic E-state index is 13.0. The molecule has 4 aromatic rings. The van der Waals surface area contributed by atoms with E-state index >= 15 is 0 Å². The molecule has 0 fully saturated rings. The van der Waals surface area contributed by atoms with Crippen molar-refractivity contribution in [1.82, 2.24) is 10.4 Å². The Kier molecular flexibility index (Phi) is 6.01. The number of terminal acetylenes is 1. The largest absolute Gasteiger partial charge is 0.480 e. The number of carbonyl (C=O) groups is 1. The zero-order valence-electron chi connectivity index (χ0n) is 16.7. The highest BCUT2D eigenvalue weighted by Crippen LogP contribution is 2.24. The van der Waals surface area contributed by atoms with Gasteiger partial charge in [0.05, 0.1) is 23.0 Å². The van der Waals surface area contributed by atoms with Crippen molar-refractivity contribution in [3.8, 4) is 29.4 Å². The third-order valence-electron chi connectivity index (χ3n) is 4.63. The number of benzene rings is 3. The van der Waals surface area contributed by atoms with Crippen molar-refractivity contribution in [2.45, 2.75) is 0 Å². The van der Waals surface area contributed by atoms with Crippen LogP contribution in [0.5, 0.6) is 5.75 Å². The molecule has 1 aromatic heterocycles. The van der Waals surface area contributed by atoms with Crippen LogP contribution in [0, 0.1) is 12.3 Å². The van der Waals surface area contributed by atoms with Crippen molar-refractivity contribution in [2.75, 3.05) is 6.61 Å². The zero-order valence-corrected chi connectivity index (χ0v) is 16.7. The number of fused-ring (bicyclic) bond motifs is 1. The summed E-state index contributed by atoms with van der Waals surface area (Å²) in [5, 5.41) is 4.88. The highest BCUT2D eigenvalue weighted by atomic mass is 16.5. The smallest absolute Gasteiger partial charge is 0.272 e. The van der Waals surface area contributed by atoms with Crippen molar-refractivity contribution in [2.24, 2.45) is 5.10 Å². The van der Waals surface area contributed by atoms with E-state index in [0.717, 1.165) is 22.2 Å². The lowest BCUT2D eigenvalue weighted by atomic mass is 10.0. The summed E-state index contributed by atoms with van der Waals surface area (Å²) >= 11 is 0. The second-order valence-electron chi connectivity index (χ2n) is 6.67. The van der Waals surface area contributed by atoms with E-state index in [1.807, 2.05) is 72.8 Å². The molecule has 0 radical (unpaired) electrons. The molecule has 0 saturated carbocycles. The summed E-state index contributed by atoms with van der Waals surface area (Å²) < 4.78 is 5.50. The number of nitrogens with one attached hydrogen (secondary N) is 1. The number of hydrogen-bond donors (Lipinski definition) is 1. The van der Waals surface area contributed by atoms with Gasteiger partial charge in [-0.05, 0) is 24.3 Å². The lowest BCUT2D eigenvalue weighted by molar-refractivity contribution is 0.0956. The maximum absolute atomic E-state index is 13.0. The Morgan fingerprint density at radius 2 is 1.77 bits per heavy atom. The van der Waals surface area contributed by atoms with Crippen molar-refractivity contribution in [3.63, 3.8) is 0 Å². The first kappa shape index (κ1) is 19.9. The van der Waals surface area contributed by atoms with Gasteiger partial charge in [-0.1, -0.05) is 66.6 Å². The average molecular weight is 405 g/mol. The van der Waals surface area contributed by atoms with Gasteiger partial charge in [0.2, 0.25) is 0 Å². The molecule has 4 rings (SSSR count). The number of pyridine rings is 1. The van der Waals surface area contributed by atoms with Gasteiger partial charge >= 0.3 is 0 Å². The van der Waals surface area contributed by atoms with Crippen LogP contribution in [0.1, 0.15) is 15.9 Å². The minimum Gasteiger partial charge on any atom is -0.480 e. The number of amides is 1. The molecule has 5 heteroatoms. The number of hydrogen-bond acceptors (Lipinski definition) is 4. The lowest BCUT2D eigenvalue weighted by Crippen LogP contribution is -2.18. The Bertz CT molecular complexity index is 1290. The topological polar surface area (TPSA) is 63.6 Å². The van der Waals surface area contributed by atoms with Crippen LogP contribution < -0.4 is 10.2 Å². The van der Waals surface area contributed by atoms with Gasteiger partial charge in [0.1, 0.15) is 12.4 Å². The molecule has 1 amide bonds. The van der Waals surface area contributed by atoms with Gasteiger partial charge in [-0.2, -0.15) is 5.10 Å². The molecule has 0 aliphatic carbocycles. The van der Waals surface area contributed by atoms with Gasteiger partial charge in [-0.15, -0.1) is 6.42 Å². The number of hydrazone groups is 1. The van der Waals surface area contributed by atoms with Crippen LogP contribution in [-0.2, 0) is 0 Å². The molecule has 0 aliphatic heterocycles. The molecule has 1 N–H and O–H groups in total. The minimum atomic E-state index is -0.325. The van der Waals surface area contributed by atoms with E-state index in [1.165, 1.54) is 6.21 Å². The van der Waals surface area contributed by atoms with Gasteiger partial charge in [0.15, 0.2) is 0 Å². The molecule has 0 atom stereocenters. The van der Waals surface area contributed by atoms with E-state index in [4.69, 9.17) is 16.1 Å². The fraction of sp³-hybridized carbons (Fsp3) is 0.0385. The number of carbonyl (C=O) groups excluding carboxylic acids is 1. The standard InChI is InChI=1S/C26H19N3O2/c1-2-16-31-25-15-9-6-12-20(25)18-27-29-26(30)22-17-24(19-10-4-3-5-11-19)28-23-14-8-7-13-21(22)23/h1,3-15,17-18H,16H2,(H,29,30)/b27-18-. The summed E-state index contributed by atoms with van der Waals surface area (Å²) in [4.78, 5) is 17.7. The number of para-hydroxylation sites is 2. The molecule has 0 bridgehead atoms. The number of ether oxygens (including phenoxy) is 1. The summed E-state index contributed by atoms with van der Waals surface area (Å²) in [7, 11) is 0. The monoisotopic (exact) mass is 405 g/mol. The van der Waals surface area contributed by atoms with Crippen LogP contribution in [0.15, 0.2) is 90.0 Å². The molecule has 0 saturated heterocycles. The summed E-state index contributed by atoms with van der Waals surface area (Å²) in [5.41, 5.74) is 6.22. The summed E-state index contributed by atoms with van der Waals surface area (Å²) in [6, 6.07) is 26.4. The molecule has 0 spiro atoms. The van der Waals surface area contributed by atoms with Crippen LogP contribution in [0.4, 0.5) is 0 Å². The maximum Gasteiger partial charge on any atom is 0.272 e. The summed E-state index contributed by atoms with van der Waals surface area (Å²) in [6.45, 7) is 0.155. The molecule has 1 heterocycles. The van der Waals surface area contributed by atoms with Crippen molar-refractivity contribution in [1.29, 1.82) is 0 Å². The Morgan fingerprint density at radius 3 is 2.61 bits per heavy atom. The molecule has 0 aliphatic rings. The van der Waals surface area contributed by atoms with Gasteiger partial charge in [-0.3, -0.25) is 4.79 Å². The van der Waals surface area contributed by atoms with Crippen LogP contribution in [-0.4, -0.2) is 23.7 Å². The fourth-order valence-corrected chi connectivity index (χ4v) is 3.18. The van der Waals surface area contributed by atoms with E-state index < -0.39 is 0 Å². The molecule has 150 valence electrons. The Labute approximate surface area is 180 Å². The highest BCUT2D eigenvalue weighted by Gasteiger charge is 2.13. The predicted octanol–water partition coefficient (Wildman–Crippen LogP) is 4.68. The van der Waals surface area contributed by atoms with Crippen molar-refractivity contribution >= 4 is 23.0 Å². The summed E-state index contributed by atoms with van der Waals surface area (Å²) in [6.07, 6.45) is 6.79. The first-order valence-electron chi connectivity index (χ1n) is 9.70. The van der Waals surface area contributed by atoms with E-state index in [1.54, 1.807) is 12.1 Å². The Morgan fingerprint density at radius 1 is 1.03 bits per heavy atom. The van der Waals surface area contributed by atoms with Gasteiger partial charge in [0.25, 0.3) is 5.91 Å². The molecule has 3 aromatic carbocycles. The normalized spacial score (nSPS) is 10.7. The Balaban J connectivity index is 1.63. The minimum absolute atomic E-state index is 0.155. The second kappa shape index (κ2) is 9.38. The van der Waals surface area contributed by atoms with E-state index in [0.29, 0.717) is 16.9 Å². The van der Waals surface area contributed by atoms with Crippen molar-refractivity contribution in [3.05, 3.63) is 96.1 Å². The van der Waals surface area contributed by atoms with Crippen molar-refractivity contribution < 1.29 is 9.53 Å². The van der Waals surface area contributed by atoms with Crippen LogP contribution in [0.3, 0.4) is 0 Å². The first-order chi connectivity index (χ1) is 15.3. The third kappa shape index (κ3) is 4.60. The van der Waals surface area contributed by atoms with Crippen LogP contribution >= 0.6 is 0 Å². The predicted molar refractivity (Wildman–Crippen MR) is 123 cm³/mol. The molecule has 31 heavy (non-hydrogen) atoms. The number of rotatable bonds is 6. The van der Waals surface area contributed by atoms with E-state index in [2.05, 4.69) is 16.4 Å². The van der Waals surface area contributed by atoms with E-state index in [9.17, 15) is 4.79 Å². The third-order valence-corrected chi connectivity index (χ3v) is 4.63. The fourth-order valence-electron chi connectivity index (χ4n) is 3.18. The SMILES string of the molecule is C#CCOc1ccccc1/C=N\NC(=O)c1cc(-c2ccccc2)nc2ccccc12. The van der Waals surface area contributed by atoms with Gasteiger partial charge in [0, 0.05) is 16.5 Å². The van der Waals surface area contributed by atoms with E-state index in [-0.39, 0.29) is 12.5 Å². The number of aromatic nitrogens is 1. The molecule has 5 nitrogen and oxygen atoms in total. The quantitative estimate of drug-likeness (QED) is 0.288. The van der Waals surface area contributed by atoms with Crippen LogP contribution in [0.25, 0.3) is 22.2 Å².